The van der Waals surface area contributed by atoms with Gasteiger partial charge in [-0.05, 0) is 85.8 Å². The third kappa shape index (κ3) is 5.06. The number of sulfonamides is 1. The number of carbonyl (C=O) groups excluding carboxylic acids is 1. The van der Waals surface area contributed by atoms with E-state index >= 15 is 0 Å². The topological polar surface area (TPSA) is 92.3 Å². The second-order valence-electron chi connectivity index (χ2n) is 11.8. The average Bonchev–Trinajstić information content (AvgIpc) is 2.82. The van der Waals surface area contributed by atoms with Crippen LogP contribution in [-0.4, -0.2) is 35.1 Å². The van der Waals surface area contributed by atoms with E-state index < -0.39 is 27.5 Å². The maximum absolute atomic E-state index is 13.1. The third-order valence-electron chi connectivity index (χ3n) is 8.95. The maximum atomic E-state index is 13.1. The SMILES string of the molecule is O=C(CC12CC3CC(CC(C3)C1)C2)Nc1ncnc2c1CCN(S(=O)(=O)Cc1ccc(C(F)(F)F)cc1)C2. The van der Waals surface area contributed by atoms with Crippen LogP contribution in [0.4, 0.5) is 19.0 Å². The fourth-order valence-corrected chi connectivity index (χ4v) is 9.28. The van der Waals surface area contributed by atoms with Gasteiger partial charge in [-0.15, -0.1) is 0 Å². The highest BCUT2D eigenvalue weighted by molar-refractivity contribution is 7.88. The highest BCUT2D eigenvalue weighted by Crippen LogP contribution is 2.61. The number of alkyl halides is 3. The molecule has 4 fully saturated rings. The van der Waals surface area contributed by atoms with Crippen LogP contribution in [0.25, 0.3) is 0 Å². The zero-order valence-electron chi connectivity index (χ0n) is 21.0. The van der Waals surface area contributed by atoms with Crippen LogP contribution in [-0.2, 0) is 39.7 Å². The number of aromatic nitrogens is 2. The number of anilines is 1. The van der Waals surface area contributed by atoms with Crippen molar-refractivity contribution >= 4 is 21.7 Å². The lowest BCUT2D eigenvalue weighted by Gasteiger charge is -2.56. The summed E-state index contributed by atoms with van der Waals surface area (Å²) in [6.07, 6.45) is 5.08. The van der Waals surface area contributed by atoms with Crippen LogP contribution in [0.3, 0.4) is 0 Å². The molecule has 1 aromatic heterocycles. The van der Waals surface area contributed by atoms with Gasteiger partial charge in [-0.2, -0.15) is 17.5 Å². The molecule has 1 aromatic carbocycles. The average molecular weight is 549 g/mol. The predicted octanol–water partition coefficient (Wildman–Crippen LogP) is 4.93. The number of halogens is 3. The second kappa shape index (κ2) is 9.29. The van der Waals surface area contributed by atoms with E-state index in [4.69, 9.17) is 0 Å². The minimum absolute atomic E-state index is 0.0265. The van der Waals surface area contributed by atoms with Gasteiger partial charge in [0, 0.05) is 18.5 Å². The molecule has 4 saturated carbocycles. The van der Waals surface area contributed by atoms with Crippen molar-refractivity contribution in [3.8, 4) is 0 Å². The largest absolute Gasteiger partial charge is 0.416 e. The molecule has 204 valence electrons. The van der Waals surface area contributed by atoms with E-state index in [0.717, 1.165) is 54.7 Å². The molecule has 0 saturated heterocycles. The number of carbonyl (C=O) groups is 1. The summed E-state index contributed by atoms with van der Waals surface area (Å²) in [7, 11) is -3.79. The fraction of sp³-hybridized carbons (Fsp3) is 0.593. The highest BCUT2D eigenvalue weighted by atomic mass is 32.2. The van der Waals surface area contributed by atoms with Crippen LogP contribution < -0.4 is 5.32 Å². The van der Waals surface area contributed by atoms with Crippen LogP contribution in [0.5, 0.6) is 0 Å². The third-order valence-corrected chi connectivity index (χ3v) is 10.8. The van der Waals surface area contributed by atoms with Crippen molar-refractivity contribution in [1.82, 2.24) is 14.3 Å². The summed E-state index contributed by atoms with van der Waals surface area (Å²) >= 11 is 0. The van der Waals surface area contributed by atoms with Crippen LogP contribution >= 0.6 is 0 Å². The van der Waals surface area contributed by atoms with Crippen LogP contribution in [0.1, 0.15) is 67.3 Å². The van der Waals surface area contributed by atoms with Crippen LogP contribution in [0, 0.1) is 23.2 Å². The molecule has 4 bridgehead atoms. The van der Waals surface area contributed by atoms with E-state index in [1.807, 2.05) is 0 Å². The monoisotopic (exact) mass is 548 g/mol. The lowest BCUT2D eigenvalue weighted by atomic mass is 9.49. The molecule has 11 heteroatoms. The summed E-state index contributed by atoms with van der Waals surface area (Å²) in [5, 5.41) is 3.01. The first-order chi connectivity index (χ1) is 18.0. The summed E-state index contributed by atoms with van der Waals surface area (Å²) in [6, 6.07) is 4.17. The molecule has 0 atom stereocenters. The highest BCUT2D eigenvalue weighted by Gasteiger charge is 2.51. The Morgan fingerprint density at radius 1 is 1.03 bits per heavy atom. The first-order valence-electron chi connectivity index (χ1n) is 13.2. The molecule has 2 heterocycles. The molecule has 5 aliphatic rings. The molecule has 4 aliphatic carbocycles. The Balaban J connectivity index is 1.11. The Morgan fingerprint density at radius 2 is 1.66 bits per heavy atom. The molecule has 1 N–H and O–H groups in total. The summed E-state index contributed by atoms with van der Waals surface area (Å²) in [5.41, 5.74) is 0.846. The molecule has 7 rings (SSSR count). The predicted molar refractivity (Wildman–Crippen MR) is 134 cm³/mol. The normalized spacial score (nSPS) is 28.8. The molecular formula is C27H31F3N4O3S. The Hall–Kier alpha value is -2.53. The number of fused-ring (bicyclic) bond motifs is 1. The molecule has 38 heavy (non-hydrogen) atoms. The zero-order valence-corrected chi connectivity index (χ0v) is 21.8. The van der Waals surface area contributed by atoms with Gasteiger partial charge >= 0.3 is 6.18 Å². The van der Waals surface area contributed by atoms with E-state index in [1.165, 1.54) is 42.0 Å². The lowest BCUT2D eigenvalue weighted by molar-refractivity contribution is -0.137. The molecule has 0 unspecified atom stereocenters. The molecule has 7 nitrogen and oxygen atoms in total. The van der Waals surface area contributed by atoms with Gasteiger partial charge in [-0.25, -0.2) is 18.4 Å². The minimum atomic E-state index is -4.48. The number of nitrogens with one attached hydrogen (secondary N) is 1. The molecule has 0 spiro atoms. The number of hydrogen-bond donors (Lipinski definition) is 1. The Bertz CT molecular complexity index is 1310. The van der Waals surface area contributed by atoms with Gasteiger partial charge in [-0.3, -0.25) is 4.79 Å². The second-order valence-corrected chi connectivity index (χ2v) is 13.8. The standard InChI is InChI=1S/C27H31F3N4O3S/c28-27(29,30)21-3-1-17(2-4-21)15-38(36,37)34-6-5-22-23(14-34)31-16-32-25(22)33-24(35)13-26-10-18-7-19(11-26)9-20(8-18)12-26/h1-4,16,18-20H,5-15H2,(H,31,32,33,35). The quantitative estimate of drug-likeness (QED) is 0.553. The Morgan fingerprint density at radius 3 is 2.26 bits per heavy atom. The molecular weight excluding hydrogens is 517 g/mol. The van der Waals surface area contributed by atoms with Gasteiger partial charge in [-0.1, -0.05) is 12.1 Å². The van der Waals surface area contributed by atoms with Crippen LogP contribution in [0.15, 0.2) is 30.6 Å². The van der Waals surface area contributed by atoms with E-state index in [2.05, 4.69) is 15.3 Å². The summed E-state index contributed by atoms with van der Waals surface area (Å²) in [6.45, 7) is 0.208. The van der Waals surface area contributed by atoms with Crippen molar-refractivity contribution in [2.45, 2.75) is 69.8 Å². The van der Waals surface area contributed by atoms with Crippen molar-refractivity contribution in [2.24, 2.45) is 23.2 Å². The molecule has 0 radical (unpaired) electrons. The van der Waals surface area contributed by atoms with Crippen molar-refractivity contribution < 1.29 is 26.4 Å². The smallest absolute Gasteiger partial charge is 0.310 e. The lowest BCUT2D eigenvalue weighted by Crippen LogP contribution is -2.47. The number of nitrogens with zero attached hydrogens (tertiary/aromatic N) is 3. The van der Waals surface area contributed by atoms with Gasteiger partial charge in [0.1, 0.15) is 12.1 Å². The molecule has 1 amide bonds. The zero-order chi connectivity index (χ0) is 26.7. The Labute approximate surface area is 220 Å². The van der Waals surface area contributed by atoms with Gasteiger partial charge in [0.2, 0.25) is 15.9 Å². The van der Waals surface area contributed by atoms with Crippen molar-refractivity contribution in [3.63, 3.8) is 0 Å². The maximum Gasteiger partial charge on any atom is 0.416 e. The molecule has 2 aromatic rings. The summed E-state index contributed by atoms with van der Waals surface area (Å²) in [5.74, 6) is 2.29. The number of hydrogen-bond acceptors (Lipinski definition) is 5. The van der Waals surface area contributed by atoms with Crippen molar-refractivity contribution in [1.29, 1.82) is 0 Å². The van der Waals surface area contributed by atoms with E-state index in [1.54, 1.807) is 0 Å². The van der Waals surface area contributed by atoms with E-state index in [0.29, 0.717) is 24.4 Å². The van der Waals surface area contributed by atoms with E-state index in [-0.39, 0.29) is 30.0 Å². The number of rotatable bonds is 6. The van der Waals surface area contributed by atoms with Crippen molar-refractivity contribution in [2.75, 3.05) is 11.9 Å². The first-order valence-corrected chi connectivity index (χ1v) is 14.9. The van der Waals surface area contributed by atoms with Crippen LogP contribution in [0.2, 0.25) is 0 Å². The van der Waals surface area contributed by atoms with Gasteiger partial charge in [0.15, 0.2) is 0 Å². The number of benzene rings is 1. The summed E-state index contributed by atoms with van der Waals surface area (Å²) in [4.78, 5) is 21.7. The molecule has 1 aliphatic heterocycles. The van der Waals surface area contributed by atoms with Gasteiger partial charge in [0.05, 0.1) is 23.6 Å². The first kappa shape index (κ1) is 25.7. The van der Waals surface area contributed by atoms with Gasteiger partial charge < -0.3 is 5.32 Å². The summed E-state index contributed by atoms with van der Waals surface area (Å²) < 4.78 is 65.9. The number of amides is 1. The van der Waals surface area contributed by atoms with Gasteiger partial charge in [0.25, 0.3) is 0 Å². The Kier molecular flexibility index (Phi) is 6.29. The van der Waals surface area contributed by atoms with Crippen molar-refractivity contribution in [3.05, 3.63) is 53.0 Å². The fourth-order valence-electron chi connectivity index (χ4n) is 7.79. The van der Waals surface area contributed by atoms with E-state index in [9.17, 15) is 26.4 Å². The minimum Gasteiger partial charge on any atom is -0.310 e.